The predicted molar refractivity (Wildman–Crippen MR) is 42.4 cm³/mol. The minimum absolute atomic E-state index is 0.0504. The monoisotopic (exact) mass is 170 g/mol. The maximum Gasteiger partial charge on any atom is 0.342 e. The predicted octanol–water partition coefficient (Wildman–Crippen LogP) is 0.456. The largest absolute Gasteiger partial charge is 0.477 e. The van der Waals surface area contributed by atoms with Crippen molar-refractivity contribution in [1.82, 2.24) is 9.78 Å². The van der Waals surface area contributed by atoms with Crippen molar-refractivity contribution in [2.24, 2.45) is 0 Å². The summed E-state index contributed by atoms with van der Waals surface area (Å²) in [6, 6.07) is -0.0504. The third-order valence-corrected chi connectivity index (χ3v) is 1.54. The van der Waals surface area contributed by atoms with Gasteiger partial charge >= 0.3 is 5.97 Å². The minimum atomic E-state index is -1.20. The minimum Gasteiger partial charge on any atom is -0.477 e. The average molecular weight is 170 g/mol. The highest BCUT2D eigenvalue weighted by Gasteiger charge is 2.13. The van der Waals surface area contributed by atoms with Gasteiger partial charge in [0.05, 0.1) is 0 Å². The zero-order valence-electron chi connectivity index (χ0n) is 6.87. The Morgan fingerprint density at radius 3 is 2.50 bits per heavy atom. The lowest BCUT2D eigenvalue weighted by atomic mass is 10.3. The van der Waals surface area contributed by atoms with Crippen molar-refractivity contribution >= 4 is 5.97 Å². The number of carbonyl (C=O) groups is 1. The first-order chi connectivity index (χ1) is 5.54. The molecule has 1 aromatic heterocycles. The third-order valence-electron chi connectivity index (χ3n) is 1.54. The molecule has 0 spiro atoms. The molecular formula is C7H10N2O3. The molecule has 0 fully saturated rings. The van der Waals surface area contributed by atoms with Gasteiger partial charge in [-0.2, -0.15) is 0 Å². The van der Waals surface area contributed by atoms with Crippen LogP contribution in [0.15, 0.2) is 11.0 Å². The van der Waals surface area contributed by atoms with Crippen molar-refractivity contribution in [3.8, 4) is 0 Å². The number of aromatic amines is 1. The number of rotatable bonds is 2. The van der Waals surface area contributed by atoms with Gasteiger partial charge in [0, 0.05) is 12.2 Å². The van der Waals surface area contributed by atoms with Gasteiger partial charge in [0.1, 0.15) is 5.56 Å². The van der Waals surface area contributed by atoms with Gasteiger partial charge in [0.25, 0.3) is 5.56 Å². The second-order valence-corrected chi connectivity index (χ2v) is 2.76. The fourth-order valence-electron chi connectivity index (χ4n) is 0.921. The molecule has 0 aromatic carbocycles. The molecule has 0 saturated carbocycles. The van der Waals surface area contributed by atoms with E-state index in [0.29, 0.717) is 0 Å². The van der Waals surface area contributed by atoms with E-state index < -0.39 is 11.5 Å². The summed E-state index contributed by atoms with van der Waals surface area (Å²) in [5.74, 6) is -1.20. The van der Waals surface area contributed by atoms with Crippen molar-refractivity contribution in [3.05, 3.63) is 22.1 Å². The zero-order chi connectivity index (χ0) is 9.30. The first-order valence-electron chi connectivity index (χ1n) is 3.57. The number of aromatic nitrogens is 2. The Morgan fingerprint density at radius 1 is 1.67 bits per heavy atom. The van der Waals surface area contributed by atoms with E-state index in [2.05, 4.69) is 5.10 Å². The van der Waals surface area contributed by atoms with Crippen LogP contribution in [-0.2, 0) is 0 Å². The van der Waals surface area contributed by atoms with Crippen LogP contribution < -0.4 is 5.56 Å². The molecule has 0 unspecified atom stereocenters. The molecule has 0 bridgehead atoms. The number of hydrogen-bond acceptors (Lipinski definition) is 2. The number of H-pyrrole nitrogens is 1. The fourth-order valence-corrected chi connectivity index (χ4v) is 0.921. The van der Waals surface area contributed by atoms with E-state index >= 15 is 0 Å². The van der Waals surface area contributed by atoms with E-state index in [1.807, 2.05) is 0 Å². The number of aromatic carboxylic acids is 1. The second-order valence-electron chi connectivity index (χ2n) is 2.76. The number of hydrogen-bond donors (Lipinski definition) is 2. The van der Waals surface area contributed by atoms with E-state index in [1.165, 1.54) is 10.9 Å². The molecule has 0 radical (unpaired) electrons. The highest BCUT2D eigenvalue weighted by atomic mass is 16.4. The highest BCUT2D eigenvalue weighted by Crippen LogP contribution is 1.98. The van der Waals surface area contributed by atoms with Crippen LogP contribution in [0.25, 0.3) is 0 Å². The summed E-state index contributed by atoms with van der Waals surface area (Å²) in [6.07, 6.45) is 1.20. The van der Waals surface area contributed by atoms with Crippen LogP contribution in [0.2, 0.25) is 0 Å². The van der Waals surface area contributed by atoms with Crippen LogP contribution >= 0.6 is 0 Å². The lowest BCUT2D eigenvalue weighted by molar-refractivity contribution is 0.0695. The number of nitrogens with one attached hydrogen (secondary N) is 1. The van der Waals surface area contributed by atoms with Gasteiger partial charge in [-0.15, -0.1) is 0 Å². The average Bonchev–Trinajstić information content (AvgIpc) is 2.30. The number of nitrogens with zero attached hydrogens (tertiary/aromatic N) is 1. The van der Waals surface area contributed by atoms with Crippen molar-refractivity contribution < 1.29 is 9.90 Å². The molecule has 1 aromatic rings. The van der Waals surface area contributed by atoms with Crippen LogP contribution in [-0.4, -0.2) is 20.9 Å². The lowest BCUT2D eigenvalue weighted by Gasteiger charge is -2.02. The molecule has 5 nitrogen and oxygen atoms in total. The third kappa shape index (κ3) is 1.25. The quantitative estimate of drug-likeness (QED) is 0.676. The SMILES string of the molecule is CC(C)n1[nH]cc(C(=O)O)c1=O. The van der Waals surface area contributed by atoms with Crippen LogP contribution in [0.1, 0.15) is 30.2 Å². The van der Waals surface area contributed by atoms with Gasteiger partial charge in [-0.1, -0.05) is 0 Å². The van der Waals surface area contributed by atoms with Crippen LogP contribution in [0.3, 0.4) is 0 Å². The van der Waals surface area contributed by atoms with E-state index in [4.69, 9.17) is 5.11 Å². The summed E-state index contributed by atoms with van der Waals surface area (Å²) >= 11 is 0. The summed E-state index contributed by atoms with van der Waals surface area (Å²) in [7, 11) is 0. The first kappa shape index (κ1) is 8.58. The summed E-state index contributed by atoms with van der Waals surface area (Å²) < 4.78 is 1.27. The Balaban J connectivity index is 3.23. The maximum absolute atomic E-state index is 11.2. The highest BCUT2D eigenvalue weighted by molar-refractivity contribution is 5.86. The lowest BCUT2D eigenvalue weighted by Crippen LogP contribution is -2.22. The Morgan fingerprint density at radius 2 is 2.25 bits per heavy atom. The molecule has 0 saturated heterocycles. The summed E-state index contributed by atoms with van der Waals surface area (Å²) in [5, 5.41) is 11.1. The van der Waals surface area contributed by atoms with Gasteiger partial charge in [-0.25, -0.2) is 4.79 Å². The standard InChI is InChI=1S/C7H10N2O3/c1-4(2)9-6(10)5(3-8-9)7(11)12/h3-4,8H,1-2H3,(H,11,12). The Hall–Kier alpha value is -1.52. The van der Waals surface area contributed by atoms with E-state index in [9.17, 15) is 9.59 Å². The van der Waals surface area contributed by atoms with Crippen molar-refractivity contribution in [2.45, 2.75) is 19.9 Å². The maximum atomic E-state index is 11.2. The second kappa shape index (κ2) is 2.84. The van der Waals surface area contributed by atoms with Crippen molar-refractivity contribution in [1.29, 1.82) is 0 Å². The van der Waals surface area contributed by atoms with Crippen LogP contribution in [0, 0.1) is 0 Å². The number of carboxylic acid groups (broad SMARTS) is 1. The molecule has 0 aliphatic rings. The molecule has 0 atom stereocenters. The molecule has 0 aliphatic carbocycles. The van der Waals surface area contributed by atoms with Gasteiger partial charge < -0.3 is 10.2 Å². The molecule has 5 heteroatoms. The Labute approximate surface area is 68.6 Å². The summed E-state index contributed by atoms with van der Waals surface area (Å²) in [6.45, 7) is 3.59. The molecule has 2 N–H and O–H groups in total. The Bertz CT molecular complexity index is 348. The van der Waals surface area contributed by atoms with Crippen molar-refractivity contribution in [2.75, 3.05) is 0 Å². The zero-order valence-corrected chi connectivity index (χ0v) is 6.87. The van der Waals surface area contributed by atoms with Gasteiger partial charge in [-0.3, -0.25) is 9.48 Å². The molecule has 0 amide bonds. The molecule has 12 heavy (non-hydrogen) atoms. The number of carboxylic acids is 1. The van der Waals surface area contributed by atoms with E-state index in [0.717, 1.165) is 0 Å². The van der Waals surface area contributed by atoms with Gasteiger partial charge in [-0.05, 0) is 13.8 Å². The topological polar surface area (TPSA) is 75.1 Å². The smallest absolute Gasteiger partial charge is 0.342 e. The molecule has 0 aliphatic heterocycles. The molecule has 1 heterocycles. The normalized spacial score (nSPS) is 10.6. The molecule has 1 rings (SSSR count). The van der Waals surface area contributed by atoms with Gasteiger partial charge in [0.2, 0.25) is 0 Å². The van der Waals surface area contributed by atoms with Crippen molar-refractivity contribution in [3.63, 3.8) is 0 Å². The summed E-state index contributed by atoms with van der Waals surface area (Å²) in [5.41, 5.74) is -0.707. The summed E-state index contributed by atoms with van der Waals surface area (Å²) in [4.78, 5) is 21.6. The van der Waals surface area contributed by atoms with Gasteiger partial charge in [0.15, 0.2) is 0 Å². The van der Waals surface area contributed by atoms with Crippen LogP contribution in [0.4, 0.5) is 0 Å². The van der Waals surface area contributed by atoms with Crippen LogP contribution in [0.5, 0.6) is 0 Å². The molecular weight excluding hydrogens is 160 g/mol. The first-order valence-corrected chi connectivity index (χ1v) is 3.57. The molecule has 66 valence electrons. The van der Waals surface area contributed by atoms with E-state index in [-0.39, 0.29) is 11.6 Å². The Kier molecular flexibility index (Phi) is 2.03. The van der Waals surface area contributed by atoms with E-state index in [1.54, 1.807) is 13.8 Å². The fraction of sp³-hybridized carbons (Fsp3) is 0.429.